The fraction of sp³-hybridized carbons (Fsp3) is 0.294. The van der Waals surface area contributed by atoms with Gasteiger partial charge in [-0.15, -0.1) is 0 Å². The summed E-state index contributed by atoms with van der Waals surface area (Å²) in [5.41, 5.74) is 3.81. The summed E-state index contributed by atoms with van der Waals surface area (Å²) in [5, 5.41) is 5.24. The average molecular weight is 393 g/mol. The Bertz CT molecular complexity index is 1090. The fourth-order valence-corrected chi connectivity index (χ4v) is 5.50. The van der Waals surface area contributed by atoms with Crippen LogP contribution in [0.2, 0.25) is 0 Å². The molecule has 138 valence electrons. The van der Waals surface area contributed by atoms with Gasteiger partial charge in [-0.3, -0.25) is 9.03 Å². The van der Waals surface area contributed by atoms with Crippen LogP contribution in [0.25, 0.3) is 0 Å². The zero-order valence-electron chi connectivity index (χ0n) is 14.0. The molecule has 26 heavy (non-hydrogen) atoms. The van der Waals surface area contributed by atoms with E-state index in [1.165, 1.54) is 11.6 Å². The molecule has 9 heteroatoms. The number of nitrogens with two attached hydrogens (primary N) is 1. The average Bonchev–Trinajstić information content (AvgIpc) is 3.19. The molecule has 7 nitrogen and oxygen atoms in total. The number of aryl methyl sites for hydroxylation is 2. The minimum Gasteiger partial charge on any atom is -0.280 e. The lowest BCUT2D eigenvalue weighted by atomic mass is 10.1. The van der Waals surface area contributed by atoms with Crippen molar-refractivity contribution < 1.29 is 16.8 Å². The molecule has 0 radical (unpaired) electrons. The minimum absolute atomic E-state index is 0.210. The number of hydrogen-bond acceptors (Lipinski definition) is 4. The first kappa shape index (κ1) is 17.3. The van der Waals surface area contributed by atoms with Gasteiger partial charge >= 0.3 is 0 Å². The van der Waals surface area contributed by atoms with Gasteiger partial charge in [-0.2, -0.15) is 8.42 Å². The molecular formula is C17H19N3O4S2. The summed E-state index contributed by atoms with van der Waals surface area (Å²) in [5.74, 6) is 0. The molecule has 0 spiro atoms. The van der Waals surface area contributed by atoms with E-state index in [2.05, 4.69) is 4.72 Å². The zero-order chi connectivity index (χ0) is 18.5. The van der Waals surface area contributed by atoms with Crippen LogP contribution in [-0.4, -0.2) is 23.4 Å². The first-order valence-corrected chi connectivity index (χ1v) is 11.3. The summed E-state index contributed by atoms with van der Waals surface area (Å²) in [6.45, 7) is 0.259. The Morgan fingerprint density at radius 2 is 1.62 bits per heavy atom. The monoisotopic (exact) mass is 393 g/mol. The summed E-state index contributed by atoms with van der Waals surface area (Å²) >= 11 is 0. The topological polar surface area (TPSA) is 110 Å². The summed E-state index contributed by atoms with van der Waals surface area (Å²) in [6.07, 6.45) is 3.46. The lowest BCUT2D eigenvalue weighted by molar-refractivity contribution is 0.594. The Morgan fingerprint density at radius 3 is 2.38 bits per heavy atom. The molecule has 2 aliphatic rings. The predicted molar refractivity (Wildman–Crippen MR) is 99.9 cm³/mol. The van der Waals surface area contributed by atoms with Gasteiger partial charge in [0.25, 0.3) is 20.2 Å². The van der Waals surface area contributed by atoms with E-state index >= 15 is 0 Å². The van der Waals surface area contributed by atoms with E-state index in [1.807, 2.05) is 6.07 Å². The Balaban J connectivity index is 1.65. The van der Waals surface area contributed by atoms with Crippen molar-refractivity contribution in [2.45, 2.75) is 30.6 Å². The molecule has 2 aromatic carbocycles. The van der Waals surface area contributed by atoms with E-state index in [0.717, 1.165) is 34.7 Å². The number of hydrogen-bond donors (Lipinski definition) is 2. The van der Waals surface area contributed by atoms with Gasteiger partial charge in [-0.25, -0.2) is 13.6 Å². The molecule has 0 bridgehead atoms. The zero-order valence-corrected chi connectivity index (χ0v) is 15.6. The first-order valence-electron chi connectivity index (χ1n) is 8.32. The van der Waals surface area contributed by atoms with Gasteiger partial charge in [0, 0.05) is 6.54 Å². The third-order valence-electron chi connectivity index (χ3n) is 4.88. The molecule has 0 fully saturated rings. The summed E-state index contributed by atoms with van der Waals surface area (Å²) in [7, 11) is -7.63. The summed E-state index contributed by atoms with van der Waals surface area (Å²) < 4.78 is 52.4. The Hall–Kier alpha value is -2.10. The standard InChI is InChI=1S/C17H19N3O4S2/c18-26(23,24)20-9-8-13-4-6-15(11-17(13)20)19-25(21,22)16-7-5-12-2-1-3-14(12)10-16/h4-7,10-11,19H,1-3,8-9H2,(H2,18,23,24). The number of nitrogens with one attached hydrogen (secondary N) is 1. The SMILES string of the molecule is NS(=O)(=O)N1CCc2ccc(NS(=O)(=O)c3ccc4c(c3)CCC4)cc21. The van der Waals surface area contributed by atoms with Crippen LogP contribution >= 0.6 is 0 Å². The Morgan fingerprint density at radius 1 is 0.885 bits per heavy atom. The molecule has 0 saturated carbocycles. The maximum absolute atomic E-state index is 12.7. The number of nitrogens with zero attached hydrogens (tertiary/aromatic N) is 1. The highest BCUT2D eigenvalue weighted by atomic mass is 32.2. The van der Waals surface area contributed by atoms with Gasteiger partial charge in [0.15, 0.2) is 0 Å². The lowest BCUT2D eigenvalue weighted by Gasteiger charge is -2.17. The Kier molecular flexibility index (Phi) is 3.98. The molecule has 0 amide bonds. The van der Waals surface area contributed by atoms with E-state index in [9.17, 15) is 16.8 Å². The molecule has 0 saturated heterocycles. The van der Waals surface area contributed by atoms with Gasteiger partial charge in [0.1, 0.15) is 0 Å². The van der Waals surface area contributed by atoms with Crippen LogP contribution in [0, 0.1) is 0 Å². The van der Waals surface area contributed by atoms with Crippen LogP contribution in [0.5, 0.6) is 0 Å². The third kappa shape index (κ3) is 3.06. The second-order valence-corrected chi connectivity index (χ2v) is 9.75. The number of fused-ring (bicyclic) bond motifs is 2. The quantitative estimate of drug-likeness (QED) is 0.821. The minimum atomic E-state index is -3.88. The molecule has 1 aliphatic carbocycles. The van der Waals surface area contributed by atoms with Crippen molar-refractivity contribution >= 4 is 31.6 Å². The van der Waals surface area contributed by atoms with Crippen molar-refractivity contribution in [1.82, 2.24) is 0 Å². The van der Waals surface area contributed by atoms with E-state index < -0.39 is 20.2 Å². The van der Waals surface area contributed by atoms with E-state index in [4.69, 9.17) is 5.14 Å². The number of rotatable bonds is 4. The highest BCUT2D eigenvalue weighted by molar-refractivity contribution is 7.92. The van der Waals surface area contributed by atoms with Crippen molar-refractivity contribution in [2.24, 2.45) is 5.14 Å². The van der Waals surface area contributed by atoms with Crippen molar-refractivity contribution in [2.75, 3.05) is 15.6 Å². The maximum atomic E-state index is 12.7. The van der Waals surface area contributed by atoms with E-state index in [-0.39, 0.29) is 11.4 Å². The molecule has 0 aromatic heterocycles. The highest BCUT2D eigenvalue weighted by Crippen LogP contribution is 2.33. The number of sulfonamides is 1. The van der Waals surface area contributed by atoms with E-state index in [0.29, 0.717) is 17.8 Å². The highest BCUT2D eigenvalue weighted by Gasteiger charge is 2.27. The molecule has 4 rings (SSSR count). The molecule has 2 aromatic rings. The second-order valence-electron chi connectivity index (χ2n) is 6.60. The van der Waals surface area contributed by atoms with Crippen LogP contribution in [0.3, 0.4) is 0 Å². The summed E-state index contributed by atoms with van der Waals surface area (Å²) in [6, 6.07) is 10.1. The molecular weight excluding hydrogens is 374 g/mol. The smallest absolute Gasteiger partial charge is 0.280 e. The van der Waals surface area contributed by atoms with Gasteiger partial charge in [-0.05, 0) is 66.6 Å². The third-order valence-corrected chi connectivity index (χ3v) is 7.25. The van der Waals surface area contributed by atoms with Gasteiger partial charge in [-0.1, -0.05) is 12.1 Å². The molecule has 1 aliphatic heterocycles. The van der Waals surface area contributed by atoms with Crippen molar-refractivity contribution in [1.29, 1.82) is 0 Å². The lowest BCUT2D eigenvalue weighted by Crippen LogP contribution is -2.35. The summed E-state index contributed by atoms with van der Waals surface area (Å²) in [4.78, 5) is 0.210. The largest absolute Gasteiger partial charge is 0.299 e. The predicted octanol–water partition coefficient (Wildman–Crippen LogP) is 1.54. The fourth-order valence-electron chi connectivity index (χ4n) is 3.61. The number of anilines is 2. The van der Waals surface area contributed by atoms with Gasteiger partial charge in [0.05, 0.1) is 16.3 Å². The van der Waals surface area contributed by atoms with Gasteiger partial charge < -0.3 is 0 Å². The van der Waals surface area contributed by atoms with Crippen LogP contribution < -0.4 is 14.2 Å². The van der Waals surface area contributed by atoms with Crippen LogP contribution in [0.4, 0.5) is 11.4 Å². The van der Waals surface area contributed by atoms with Crippen molar-refractivity contribution in [3.63, 3.8) is 0 Å². The molecule has 1 heterocycles. The van der Waals surface area contributed by atoms with Gasteiger partial charge in [0.2, 0.25) is 0 Å². The van der Waals surface area contributed by atoms with E-state index in [1.54, 1.807) is 24.3 Å². The van der Waals surface area contributed by atoms with Crippen molar-refractivity contribution in [3.05, 3.63) is 53.1 Å². The molecule has 0 atom stereocenters. The molecule has 3 N–H and O–H groups in total. The Labute approximate surface area is 153 Å². The maximum Gasteiger partial charge on any atom is 0.299 e. The van der Waals surface area contributed by atoms with Crippen LogP contribution in [0.15, 0.2) is 41.3 Å². The van der Waals surface area contributed by atoms with Crippen LogP contribution in [0.1, 0.15) is 23.1 Å². The normalized spacial score (nSPS) is 16.4. The first-order chi connectivity index (χ1) is 12.2. The second kappa shape index (κ2) is 5.97. The molecule has 0 unspecified atom stereocenters. The van der Waals surface area contributed by atoms with Crippen molar-refractivity contribution in [3.8, 4) is 0 Å². The van der Waals surface area contributed by atoms with Crippen LogP contribution in [-0.2, 0) is 39.5 Å². The number of benzene rings is 2.